The third kappa shape index (κ3) is 4.33. The number of nitrogens with zero attached hydrogens (tertiary/aromatic N) is 2. The summed E-state index contributed by atoms with van der Waals surface area (Å²) in [5, 5.41) is 5.06. The first-order valence-electron chi connectivity index (χ1n) is 11.8. The van der Waals surface area contributed by atoms with E-state index in [4.69, 9.17) is 0 Å². The highest BCUT2D eigenvalue weighted by Gasteiger charge is 2.27. The average Bonchev–Trinajstić information content (AvgIpc) is 3.20. The Hall–Kier alpha value is -4.10. The fraction of sp³-hybridized carbons (Fsp3) is 0.138. The van der Waals surface area contributed by atoms with Crippen LogP contribution >= 0.6 is 0 Å². The quantitative estimate of drug-likeness (QED) is 0.302. The molecule has 0 aliphatic carbocycles. The Balaban J connectivity index is 1.48. The first-order valence-corrected chi connectivity index (χ1v) is 13.3. The van der Waals surface area contributed by atoms with Crippen LogP contribution in [-0.4, -0.2) is 25.4 Å². The van der Waals surface area contributed by atoms with E-state index in [9.17, 15) is 13.2 Å². The summed E-state index contributed by atoms with van der Waals surface area (Å²) in [6.45, 7) is 4.47. The van der Waals surface area contributed by atoms with Gasteiger partial charge < -0.3 is 9.88 Å². The molecule has 36 heavy (non-hydrogen) atoms. The van der Waals surface area contributed by atoms with Crippen LogP contribution in [0.5, 0.6) is 0 Å². The second kappa shape index (κ2) is 9.51. The zero-order chi connectivity index (χ0) is 25.3. The zero-order valence-electron chi connectivity index (χ0n) is 20.2. The maximum Gasteiger partial charge on any atom is 0.264 e. The van der Waals surface area contributed by atoms with Crippen molar-refractivity contribution in [3.05, 3.63) is 103 Å². The summed E-state index contributed by atoms with van der Waals surface area (Å²) < 4.78 is 30.5. The highest BCUT2D eigenvalue weighted by atomic mass is 32.2. The molecule has 5 aromatic rings. The van der Waals surface area contributed by atoms with Crippen LogP contribution in [0.15, 0.2) is 102 Å². The second-order valence-electron chi connectivity index (χ2n) is 8.71. The molecule has 0 saturated carbocycles. The molecule has 0 saturated heterocycles. The average molecular weight is 498 g/mol. The Bertz CT molecular complexity index is 1670. The predicted molar refractivity (Wildman–Crippen MR) is 146 cm³/mol. The molecule has 0 spiro atoms. The van der Waals surface area contributed by atoms with Crippen LogP contribution in [0.2, 0.25) is 0 Å². The van der Waals surface area contributed by atoms with E-state index in [2.05, 4.69) is 28.9 Å². The lowest BCUT2D eigenvalue weighted by Crippen LogP contribution is -2.38. The largest absolute Gasteiger partial charge is 0.341 e. The van der Waals surface area contributed by atoms with Crippen molar-refractivity contribution in [1.82, 2.24) is 4.57 Å². The number of carbonyl (C=O) groups is 1. The summed E-state index contributed by atoms with van der Waals surface area (Å²) in [4.78, 5) is 13.3. The van der Waals surface area contributed by atoms with Crippen LogP contribution in [0.25, 0.3) is 21.8 Å². The molecule has 0 aliphatic rings. The molecule has 0 unspecified atom stereocenters. The van der Waals surface area contributed by atoms with Gasteiger partial charge >= 0.3 is 0 Å². The Kier molecular flexibility index (Phi) is 6.24. The van der Waals surface area contributed by atoms with Gasteiger partial charge in [-0.05, 0) is 67.9 Å². The van der Waals surface area contributed by atoms with E-state index >= 15 is 0 Å². The fourth-order valence-electron chi connectivity index (χ4n) is 4.62. The molecule has 1 aromatic heterocycles. The first-order chi connectivity index (χ1) is 17.4. The van der Waals surface area contributed by atoms with Gasteiger partial charge in [0.2, 0.25) is 5.91 Å². The molecule has 0 atom stereocenters. The topological polar surface area (TPSA) is 71.4 Å². The summed E-state index contributed by atoms with van der Waals surface area (Å²) in [5.41, 5.74) is 4.19. The van der Waals surface area contributed by atoms with Crippen molar-refractivity contribution in [2.45, 2.75) is 25.3 Å². The summed E-state index contributed by atoms with van der Waals surface area (Å²) in [7, 11) is -3.95. The van der Waals surface area contributed by atoms with E-state index in [0.29, 0.717) is 11.4 Å². The predicted octanol–water partition coefficient (Wildman–Crippen LogP) is 5.96. The number of amides is 1. The summed E-state index contributed by atoms with van der Waals surface area (Å²) in [6, 6.07) is 29.3. The molecular weight excluding hydrogens is 470 g/mol. The van der Waals surface area contributed by atoms with E-state index in [-0.39, 0.29) is 11.4 Å². The maximum absolute atomic E-state index is 13.5. The summed E-state index contributed by atoms with van der Waals surface area (Å²) >= 11 is 0. The molecule has 0 bridgehead atoms. The van der Waals surface area contributed by atoms with E-state index in [1.807, 2.05) is 43.3 Å². The Morgan fingerprint density at radius 1 is 0.833 bits per heavy atom. The zero-order valence-corrected chi connectivity index (χ0v) is 21.0. The molecule has 1 heterocycles. The number of rotatable bonds is 7. The smallest absolute Gasteiger partial charge is 0.264 e. The van der Waals surface area contributed by atoms with Gasteiger partial charge in [-0.15, -0.1) is 0 Å². The van der Waals surface area contributed by atoms with E-state index < -0.39 is 15.9 Å². The van der Waals surface area contributed by atoms with Gasteiger partial charge in [-0.25, -0.2) is 8.42 Å². The van der Waals surface area contributed by atoms with Crippen LogP contribution in [0, 0.1) is 6.92 Å². The number of benzene rings is 4. The normalized spacial score (nSPS) is 11.6. The van der Waals surface area contributed by atoms with Crippen LogP contribution in [-0.2, 0) is 21.4 Å². The van der Waals surface area contributed by atoms with Crippen molar-refractivity contribution in [1.29, 1.82) is 0 Å². The monoisotopic (exact) mass is 497 g/mol. The highest BCUT2D eigenvalue weighted by Crippen LogP contribution is 2.31. The molecule has 182 valence electrons. The van der Waals surface area contributed by atoms with Gasteiger partial charge in [0.25, 0.3) is 10.0 Å². The molecule has 6 nitrogen and oxygen atoms in total. The number of nitrogens with one attached hydrogen (secondary N) is 1. The molecule has 1 N–H and O–H groups in total. The lowest BCUT2D eigenvalue weighted by Gasteiger charge is -2.24. The van der Waals surface area contributed by atoms with Gasteiger partial charge in [-0.1, -0.05) is 48.5 Å². The molecule has 7 heteroatoms. The fourth-order valence-corrected chi connectivity index (χ4v) is 6.05. The summed E-state index contributed by atoms with van der Waals surface area (Å²) in [5.74, 6) is -0.422. The van der Waals surface area contributed by atoms with Crippen LogP contribution in [0.4, 0.5) is 11.4 Å². The van der Waals surface area contributed by atoms with Gasteiger partial charge in [0.15, 0.2) is 0 Å². The Morgan fingerprint density at radius 3 is 2.31 bits per heavy atom. The van der Waals surface area contributed by atoms with Gasteiger partial charge in [0.05, 0.1) is 10.6 Å². The van der Waals surface area contributed by atoms with Gasteiger partial charge in [-0.3, -0.25) is 9.10 Å². The second-order valence-corrected chi connectivity index (χ2v) is 10.6. The number of aromatic nitrogens is 1. The molecular formula is C29H27N3O3S. The SMILES string of the molecule is CCn1c2ccccc2c2cc(NC(=O)CN(c3cccc(C)c3)S(=O)(=O)c3ccccc3)ccc21. The minimum Gasteiger partial charge on any atom is -0.341 e. The van der Waals surface area contributed by atoms with Crippen molar-refractivity contribution in [3.8, 4) is 0 Å². The Morgan fingerprint density at radius 2 is 1.56 bits per heavy atom. The molecule has 0 aliphatic heterocycles. The molecule has 5 rings (SSSR count). The molecule has 0 fully saturated rings. The number of fused-ring (bicyclic) bond motifs is 3. The van der Waals surface area contributed by atoms with Gasteiger partial charge in [0.1, 0.15) is 6.54 Å². The van der Waals surface area contributed by atoms with Crippen molar-refractivity contribution < 1.29 is 13.2 Å². The number of sulfonamides is 1. The number of para-hydroxylation sites is 1. The number of carbonyl (C=O) groups excluding carboxylic acids is 1. The molecule has 0 radical (unpaired) electrons. The third-order valence-electron chi connectivity index (χ3n) is 6.28. The third-order valence-corrected chi connectivity index (χ3v) is 8.07. The van der Waals surface area contributed by atoms with E-state index in [0.717, 1.165) is 38.2 Å². The van der Waals surface area contributed by atoms with Gasteiger partial charge in [-0.2, -0.15) is 0 Å². The molecule has 1 amide bonds. The minimum absolute atomic E-state index is 0.133. The van der Waals surface area contributed by atoms with Crippen molar-refractivity contribution in [2.75, 3.05) is 16.2 Å². The van der Waals surface area contributed by atoms with E-state index in [1.54, 1.807) is 36.4 Å². The number of hydrogen-bond acceptors (Lipinski definition) is 3. The van der Waals surface area contributed by atoms with Gasteiger partial charge in [0, 0.05) is 34.0 Å². The number of hydrogen-bond donors (Lipinski definition) is 1. The van der Waals surface area contributed by atoms with Crippen molar-refractivity contribution in [3.63, 3.8) is 0 Å². The van der Waals surface area contributed by atoms with Crippen LogP contribution < -0.4 is 9.62 Å². The molecule has 4 aromatic carbocycles. The first kappa shape index (κ1) is 23.6. The lowest BCUT2D eigenvalue weighted by molar-refractivity contribution is -0.114. The van der Waals surface area contributed by atoms with Crippen LogP contribution in [0.1, 0.15) is 12.5 Å². The minimum atomic E-state index is -3.95. The van der Waals surface area contributed by atoms with Crippen LogP contribution in [0.3, 0.4) is 0 Å². The van der Waals surface area contributed by atoms with Crippen molar-refractivity contribution in [2.24, 2.45) is 0 Å². The van der Waals surface area contributed by atoms with Crippen molar-refractivity contribution >= 4 is 49.1 Å². The number of aryl methyl sites for hydroxylation is 2. The summed E-state index contributed by atoms with van der Waals surface area (Å²) in [6.07, 6.45) is 0. The Labute approximate surface area is 210 Å². The number of anilines is 2. The lowest BCUT2D eigenvalue weighted by atomic mass is 10.1. The highest BCUT2D eigenvalue weighted by molar-refractivity contribution is 7.92. The maximum atomic E-state index is 13.5. The van der Waals surface area contributed by atoms with E-state index in [1.165, 1.54) is 12.1 Å². The standard InChI is InChI=1S/C29H27N3O3S/c1-3-31-27-15-8-7-14-25(27)26-19-22(16-17-28(26)31)30-29(33)20-32(23-11-9-10-21(2)18-23)36(34,35)24-12-5-4-6-13-24/h4-19H,3,20H2,1-2H3,(H,30,33).